The number of hydrazone groups is 1. The first-order valence-corrected chi connectivity index (χ1v) is 5.75. The van der Waals surface area contributed by atoms with Crippen LogP contribution in [0.5, 0.6) is 0 Å². The van der Waals surface area contributed by atoms with Crippen molar-refractivity contribution < 1.29 is 4.79 Å². The van der Waals surface area contributed by atoms with Gasteiger partial charge in [0.2, 0.25) is 0 Å². The van der Waals surface area contributed by atoms with Crippen LogP contribution >= 0.6 is 11.6 Å². The van der Waals surface area contributed by atoms with Crippen LogP contribution in [0.2, 0.25) is 5.02 Å². The first-order valence-electron chi connectivity index (χ1n) is 5.37. The summed E-state index contributed by atoms with van der Waals surface area (Å²) in [4.78, 5) is 11.7. The molecular weight excluding hydrogens is 250 g/mol. The van der Waals surface area contributed by atoms with Crippen LogP contribution in [-0.4, -0.2) is 16.7 Å². The normalized spacial score (nSPS) is 10.8. The molecule has 0 spiro atoms. The van der Waals surface area contributed by atoms with Gasteiger partial charge in [-0.05, 0) is 30.3 Å². The Labute approximate surface area is 110 Å². The van der Waals surface area contributed by atoms with Crippen LogP contribution in [0, 0.1) is 0 Å². The van der Waals surface area contributed by atoms with Crippen LogP contribution in [0.25, 0.3) is 0 Å². The summed E-state index contributed by atoms with van der Waals surface area (Å²) in [5, 5.41) is 4.41. The average Bonchev–Trinajstić information content (AvgIpc) is 2.75. The molecule has 0 saturated heterocycles. The molecule has 0 fully saturated rings. The van der Waals surface area contributed by atoms with Crippen LogP contribution in [0.4, 0.5) is 0 Å². The minimum absolute atomic E-state index is 0.289. The zero-order chi connectivity index (χ0) is 13.0. The second-order valence-electron chi connectivity index (χ2n) is 3.75. The SMILES string of the molecule is Cn1cccc1/C=N/NC(=O)c1cccc(Cl)c1. The molecular formula is C13H12ClN3O. The third kappa shape index (κ3) is 2.99. The van der Waals surface area contributed by atoms with Crippen LogP contribution in [0.1, 0.15) is 16.1 Å². The summed E-state index contributed by atoms with van der Waals surface area (Å²) in [5.74, 6) is -0.289. The van der Waals surface area contributed by atoms with Gasteiger partial charge in [0.15, 0.2) is 0 Å². The van der Waals surface area contributed by atoms with E-state index in [0.29, 0.717) is 10.6 Å². The molecule has 0 bridgehead atoms. The summed E-state index contributed by atoms with van der Waals surface area (Å²) < 4.78 is 1.90. The van der Waals surface area contributed by atoms with Crippen LogP contribution < -0.4 is 5.43 Å². The van der Waals surface area contributed by atoms with Crippen molar-refractivity contribution >= 4 is 23.7 Å². The predicted octanol–water partition coefficient (Wildman–Crippen LogP) is 2.44. The second kappa shape index (κ2) is 5.51. The maximum absolute atomic E-state index is 11.7. The van der Waals surface area contributed by atoms with Gasteiger partial charge in [0.05, 0.1) is 11.9 Å². The molecule has 92 valence electrons. The fourth-order valence-electron chi connectivity index (χ4n) is 1.46. The molecule has 18 heavy (non-hydrogen) atoms. The van der Waals surface area contributed by atoms with E-state index in [1.807, 2.05) is 29.9 Å². The molecule has 2 aromatic rings. The van der Waals surface area contributed by atoms with Crippen LogP contribution in [0.15, 0.2) is 47.7 Å². The monoisotopic (exact) mass is 261 g/mol. The largest absolute Gasteiger partial charge is 0.350 e. The number of nitrogens with zero attached hydrogens (tertiary/aromatic N) is 2. The van der Waals surface area contributed by atoms with Gasteiger partial charge in [-0.2, -0.15) is 5.10 Å². The van der Waals surface area contributed by atoms with Gasteiger partial charge < -0.3 is 4.57 Å². The van der Waals surface area contributed by atoms with Gasteiger partial charge in [0, 0.05) is 23.8 Å². The molecule has 1 amide bonds. The van der Waals surface area contributed by atoms with E-state index in [0.717, 1.165) is 5.69 Å². The topological polar surface area (TPSA) is 46.4 Å². The Morgan fingerprint density at radius 1 is 1.39 bits per heavy atom. The maximum atomic E-state index is 11.7. The molecule has 0 aliphatic rings. The first-order chi connectivity index (χ1) is 8.66. The maximum Gasteiger partial charge on any atom is 0.271 e. The van der Waals surface area contributed by atoms with Crippen molar-refractivity contribution in [2.24, 2.45) is 12.1 Å². The summed E-state index contributed by atoms with van der Waals surface area (Å²) in [5.41, 5.74) is 3.83. The number of nitrogens with one attached hydrogen (secondary N) is 1. The number of carbonyl (C=O) groups is 1. The summed E-state index contributed by atoms with van der Waals surface area (Å²) >= 11 is 5.80. The van der Waals surface area contributed by atoms with E-state index >= 15 is 0 Å². The Kier molecular flexibility index (Phi) is 3.79. The van der Waals surface area contributed by atoms with E-state index in [4.69, 9.17) is 11.6 Å². The molecule has 4 nitrogen and oxygen atoms in total. The lowest BCUT2D eigenvalue weighted by Crippen LogP contribution is -2.17. The number of hydrogen-bond acceptors (Lipinski definition) is 2. The molecule has 0 atom stereocenters. The van der Waals surface area contributed by atoms with Crippen LogP contribution in [-0.2, 0) is 7.05 Å². The van der Waals surface area contributed by atoms with Gasteiger partial charge in [-0.25, -0.2) is 5.43 Å². The van der Waals surface area contributed by atoms with Gasteiger partial charge in [-0.1, -0.05) is 17.7 Å². The second-order valence-corrected chi connectivity index (χ2v) is 4.19. The number of aromatic nitrogens is 1. The van der Waals surface area contributed by atoms with Crippen molar-refractivity contribution in [1.29, 1.82) is 0 Å². The number of benzene rings is 1. The number of amides is 1. The van der Waals surface area contributed by atoms with Gasteiger partial charge in [0.25, 0.3) is 5.91 Å². The molecule has 0 radical (unpaired) electrons. The molecule has 5 heteroatoms. The summed E-state index contributed by atoms with van der Waals surface area (Å²) in [6.07, 6.45) is 3.49. The first kappa shape index (κ1) is 12.4. The Balaban J connectivity index is 2.01. The van der Waals surface area contributed by atoms with E-state index in [1.54, 1.807) is 30.5 Å². The molecule has 0 unspecified atom stereocenters. The standard InChI is InChI=1S/C13H12ClN3O/c1-17-7-3-6-12(17)9-15-16-13(18)10-4-2-5-11(14)8-10/h2-9H,1H3,(H,16,18)/b15-9+. The van der Waals surface area contributed by atoms with Crippen LogP contribution in [0.3, 0.4) is 0 Å². The Morgan fingerprint density at radius 2 is 2.22 bits per heavy atom. The summed E-state index contributed by atoms with van der Waals surface area (Å²) in [6, 6.07) is 10.5. The van der Waals surface area contributed by atoms with Gasteiger partial charge in [0.1, 0.15) is 0 Å². The Bertz CT molecular complexity index is 589. The summed E-state index contributed by atoms with van der Waals surface area (Å²) in [7, 11) is 1.90. The van der Waals surface area contributed by atoms with Crippen molar-refractivity contribution in [2.45, 2.75) is 0 Å². The highest BCUT2D eigenvalue weighted by Crippen LogP contribution is 2.10. The average molecular weight is 262 g/mol. The van der Waals surface area contributed by atoms with Crippen molar-refractivity contribution in [3.8, 4) is 0 Å². The molecule has 1 aromatic heterocycles. The highest BCUT2D eigenvalue weighted by Gasteiger charge is 2.03. The molecule has 1 heterocycles. The van der Waals surface area contributed by atoms with E-state index in [2.05, 4.69) is 10.5 Å². The Hall–Kier alpha value is -2.07. The molecule has 0 aliphatic carbocycles. The minimum Gasteiger partial charge on any atom is -0.350 e. The van der Waals surface area contributed by atoms with E-state index in [1.165, 1.54) is 0 Å². The summed E-state index contributed by atoms with van der Waals surface area (Å²) in [6.45, 7) is 0. The lowest BCUT2D eigenvalue weighted by atomic mass is 10.2. The highest BCUT2D eigenvalue weighted by molar-refractivity contribution is 6.30. The Morgan fingerprint density at radius 3 is 2.89 bits per heavy atom. The number of carbonyl (C=O) groups excluding carboxylic acids is 1. The zero-order valence-electron chi connectivity index (χ0n) is 9.80. The minimum atomic E-state index is -0.289. The third-order valence-electron chi connectivity index (χ3n) is 2.43. The number of rotatable bonds is 3. The van der Waals surface area contributed by atoms with E-state index < -0.39 is 0 Å². The molecule has 1 N–H and O–H groups in total. The molecule has 0 aliphatic heterocycles. The fraction of sp³-hybridized carbons (Fsp3) is 0.0769. The lowest BCUT2D eigenvalue weighted by Gasteiger charge is -2.00. The number of halogens is 1. The van der Waals surface area contributed by atoms with E-state index in [-0.39, 0.29) is 5.91 Å². The zero-order valence-corrected chi connectivity index (χ0v) is 10.6. The highest BCUT2D eigenvalue weighted by atomic mass is 35.5. The molecule has 1 aromatic carbocycles. The number of aryl methyl sites for hydroxylation is 1. The van der Waals surface area contributed by atoms with Crippen molar-refractivity contribution in [3.05, 3.63) is 58.9 Å². The molecule has 0 saturated carbocycles. The number of hydrogen-bond donors (Lipinski definition) is 1. The lowest BCUT2D eigenvalue weighted by molar-refractivity contribution is 0.0955. The van der Waals surface area contributed by atoms with Crippen molar-refractivity contribution in [1.82, 2.24) is 9.99 Å². The van der Waals surface area contributed by atoms with E-state index in [9.17, 15) is 4.79 Å². The van der Waals surface area contributed by atoms with Crippen molar-refractivity contribution in [2.75, 3.05) is 0 Å². The molecule has 2 rings (SSSR count). The third-order valence-corrected chi connectivity index (χ3v) is 2.67. The van der Waals surface area contributed by atoms with Gasteiger partial charge in [-0.15, -0.1) is 0 Å². The van der Waals surface area contributed by atoms with Gasteiger partial charge >= 0.3 is 0 Å². The van der Waals surface area contributed by atoms with Gasteiger partial charge in [-0.3, -0.25) is 4.79 Å². The predicted molar refractivity (Wildman–Crippen MR) is 71.9 cm³/mol. The fourth-order valence-corrected chi connectivity index (χ4v) is 1.65. The smallest absolute Gasteiger partial charge is 0.271 e. The quantitative estimate of drug-likeness (QED) is 0.669. The van der Waals surface area contributed by atoms with Crippen molar-refractivity contribution in [3.63, 3.8) is 0 Å².